The summed E-state index contributed by atoms with van der Waals surface area (Å²) in [6.07, 6.45) is 2.07. The van der Waals surface area contributed by atoms with Crippen LogP contribution in [0.5, 0.6) is 11.5 Å². The molecule has 0 bridgehead atoms. The number of likely N-dealkylation sites (tertiary alicyclic amines) is 1. The molecule has 2 unspecified atom stereocenters. The van der Waals surface area contributed by atoms with E-state index in [-0.39, 0.29) is 11.9 Å². The van der Waals surface area contributed by atoms with Gasteiger partial charge in [-0.1, -0.05) is 29.3 Å². The number of amides is 1. The van der Waals surface area contributed by atoms with E-state index in [0.29, 0.717) is 39.6 Å². The predicted molar refractivity (Wildman–Crippen MR) is 105 cm³/mol. The zero-order chi connectivity index (χ0) is 18.7. The van der Waals surface area contributed by atoms with Crippen molar-refractivity contribution < 1.29 is 9.53 Å². The first-order valence-electron chi connectivity index (χ1n) is 8.72. The molecule has 26 heavy (non-hydrogen) atoms. The van der Waals surface area contributed by atoms with Gasteiger partial charge in [-0.3, -0.25) is 4.79 Å². The van der Waals surface area contributed by atoms with Gasteiger partial charge in [-0.15, -0.1) is 0 Å². The topological polar surface area (TPSA) is 55.6 Å². The second kappa shape index (κ2) is 8.30. The van der Waals surface area contributed by atoms with Crippen LogP contribution >= 0.6 is 23.2 Å². The van der Waals surface area contributed by atoms with Gasteiger partial charge in [0.25, 0.3) is 5.91 Å². The van der Waals surface area contributed by atoms with Crippen LogP contribution in [0.2, 0.25) is 10.0 Å². The maximum atomic E-state index is 12.7. The highest BCUT2D eigenvalue weighted by Gasteiger charge is 2.26. The van der Waals surface area contributed by atoms with Gasteiger partial charge in [0.15, 0.2) is 0 Å². The number of carbonyl (C=O) groups is 1. The Bertz CT molecular complexity index is 778. The van der Waals surface area contributed by atoms with Crippen LogP contribution in [0.4, 0.5) is 0 Å². The van der Waals surface area contributed by atoms with Crippen LogP contribution in [-0.2, 0) is 0 Å². The van der Waals surface area contributed by atoms with Gasteiger partial charge in [-0.25, -0.2) is 0 Å². The molecule has 0 saturated carbocycles. The lowest BCUT2D eigenvalue weighted by molar-refractivity contribution is 0.0661. The Hall–Kier alpha value is -1.75. The molecule has 4 nitrogen and oxygen atoms in total. The van der Waals surface area contributed by atoms with Crippen molar-refractivity contribution in [1.82, 2.24) is 4.90 Å². The molecule has 0 aromatic heterocycles. The lowest BCUT2D eigenvalue weighted by Gasteiger charge is -2.34. The van der Waals surface area contributed by atoms with Crippen molar-refractivity contribution in [2.45, 2.75) is 25.8 Å². The van der Waals surface area contributed by atoms with E-state index < -0.39 is 0 Å². The number of ether oxygens (including phenoxy) is 1. The summed E-state index contributed by atoms with van der Waals surface area (Å²) < 4.78 is 5.76. The molecule has 1 aliphatic heterocycles. The van der Waals surface area contributed by atoms with Crippen molar-refractivity contribution in [2.75, 3.05) is 13.1 Å². The minimum atomic E-state index is 0.0303. The van der Waals surface area contributed by atoms with E-state index in [0.717, 1.165) is 19.4 Å². The molecule has 2 N–H and O–H groups in total. The third kappa shape index (κ3) is 4.32. The summed E-state index contributed by atoms with van der Waals surface area (Å²) in [7, 11) is 0. The quantitative estimate of drug-likeness (QED) is 0.797. The number of hydrogen-bond acceptors (Lipinski definition) is 3. The second-order valence-corrected chi connectivity index (χ2v) is 7.48. The highest BCUT2D eigenvalue weighted by Crippen LogP contribution is 2.34. The number of nitrogens with zero attached hydrogens (tertiary/aromatic N) is 1. The van der Waals surface area contributed by atoms with Crippen LogP contribution in [0.1, 0.15) is 30.1 Å². The van der Waals surface area contributed by atoms with Crippen molar-refractivity contribution in [3.63, 3.8) is 0 Å². The second-order valence-electron chi connectivity index (χ2n) is 6.69. The standard InChI is InChI=1S/C20H22Cl2N2O2/c1-13(23)15-4-3-11-24(12-15)20(25)14-7-9-16(10-8-14)26-18-6-2-5-17(21)19(18)22/h2,5-10,13,15H,3-4,11-12,23H2,1H3. The van der Waals surface area contributed by atoms with E-state index in [2.05, 4.69) is 0 Å². The molecule has 138 valence electrons. The number of hydrogen-bond donors (Lipinski definition) is 1. The monoisotopic (exact) mass is 392 g/mol. The van der Waals surface area contributed by atoms with E-state index in [4.69, 9.17) is 33.7 Å². The molecule has 0 radical (unpaired) electrons. The van der Waals surface area contributed by atoms with Crippen LogP contribution in [0.15, 0.2) is 42.5 Å². The van der Waals surface area contributed by atoms with Crippen molar-refractivity contribution >= 4 is 29.1 Å². The van der Waals surface area contributed by atoms with Gasteiger partial charge in [0.05, 0.1) is 5.02 Å². The molecule has 0 spiro atoms. The predicted octanol–water partition coefficient (Wildman–Crippen LogP) is 4.99. The van der Waals surface area contributed by atoms with Crippen molar-refractivity contribution in [2.24, 2.45) is 11.7 Å². The molecule has 2 aromatic carbocycles. The Morgan fingerprint density at radius 1 is 1.23 bits per heavy atom. The van der Waals surface area contributed by atoms with Gasteiger partial charge < -0.3 is 15.4 Å². The number of rotatable bonds is 4. The molecule has 1 heterocycles. The molecular formula is C20H22Cl2N2O2. The lowest BCUT2D eigenvalue weighted by Crippen LogP contribution is -2.45. The molecule has 6 heteroatoms. The fourth-order valence-corrected chi connectivity index (χ4v) is 3.49. The van der Waals surface area contributed by atoms with E-state index in [1.807, 2.05) is 11.8 Å². The van der Waals surface area contributed by atoms with Gasteiger partial charge in [0, 0.05) is 24.7 Å². The molecule has 3 rings (SSSR count). The lowest BCUT2D eigenvalue weighted by atomic mass is 9.92. The minimum Gasteiger partial charge on any atom is -0.456 e. The van der Waals surface area contributed by atoms with E-state index >= 15 is 0 Å². The van der Waals surface area contributed by atoms with Crippen LogP contribution in [-0.4, -0.2) is 29.9 Å². The number of benzene rings is 2. The summed E-state index contributed by atoms with van der Waals surface area (Å²) in [4.78, 5) is 14.6. The van der Waals surface area contributed by atoms with Crippen LogP contribution < -0.4 is 10.5 Å². The van der Waals surface area contributed by atoms with Crippen LogP contribution in [0.3, 0.4) is 0 Å². The Labute approximate surface area is 163 Å². The average Bonchev–Trinajstić information content (AvgIpc) is 2.65. The zero-order valence-corrected chi connectivity index (χ0v) is 16.1. The fraction of sp³-hybridized carbons (Fsp3) is 0.350. The molecule has 1 aliphatic rings. The van der Waals surface area contributed by atoms with Gasteiger partial charge in [0.1, 0.15) is 16.5 Å². The Kier molecular flexibility index (Phi) is 6.07. The van der Waals surface area contributed by atoms with Crippen molar-refractivity contribution in [3.05, 3.63) is 58.1 Å². The van der Waals surface area contributed by atoms with Crippen LogP contribution in [0, 0.1) is 5.92 Å². The number of carbonyl (C=O) groups excluding carboxylic acids is 1. The Morgan fingerprint density at radius 3 is 2.65 bits per heavy atom. The molecule has 1 amide bonds. The van der Waals surface area contributed by atoms with E-state index in [1.165, 1.54) is 0 Å². The summed E-state index contributed by atoms with van der Waals surface area (Å²) in [5.74, 6) is 1.47. The first kappa shape index (κ1) is 19.0. The molecule has 1 fully saturated rings. The molecule has 2 atom stereocenters. The number of halogens is 2. The third-order valence-electron chi connectivity index (χ3n) is 4.73. The van der Waals surface area contributed by atoms with Crippen LogP contribution in [0.25, 0.3) is 0 Å². The summed E-state index contributed by atoms with van der Waals surface area (Å²) >= 11 is 12.1. The number of nitrogens with two attached hydrogens (primary N) is 1. The van der Waals surface area contributed by atoms with Crippen molar-refractivity contribution in [3.8, 4) is 11.5 Å². The number of piperidine rings is 1. The highest BCUT2D eigenvalue weighted by molar-refractivity contribution is 6.42. The summed E-state index contributed by atoms with van der Waals surface area (Å²) in [6.45, 7) is 3.50. The van der Waals surface area contributed by atoms with E-state index in [9.17, 15) is 4.79 Å². The summed E-state index contributed by atoms with van der Waals surface area (Å²) in [5.41, 5.74) is 6.65. The Morgan fingerprint density at radius 2 is 1.96 bits per heavy atom. The third-order valence-corrected chi connectivity index (χ3v) is 5.54. The molecule has 2 aromatic rings. The molecular weight excluding hydrogens is 371 g/mol. The average molecular weight is 393 g/mol. The summed E-state index contributed by atoms with van der Waals surface area (Å²) in [6, 6.07) is 12.4. The van der Waals surface area contributed by atoms with Gasteiger partial charge in [-0.2, -0.15) is 0 Å². The smallest absolute Gasteiger partial charge is 0.253 e. The first-order chi connectivity index (χ1) is 12.5. The SMILES string of the molecule is CC(N)C1CCCN(C(=O)c2ccc(Oc3cccc(Cl)c3Cl)cc2)C1. The Balaban J connectivity index is 1.69. The normalized spacial score (nSPS) is 18.5. The maximum Gasteiger partial charge on any atom is 0.253 e. The first-order valence-corrected chi connectivity index (χ1v) is 9.48. The van der Waals surface area contributed by atoms with Gasteiger partial charge in [-0.05, 0) is 62.1 Å². The fourth-order valence-electron chi connectivity index (χ4n) is 3.16. The molecule has 1 saturated heterocycles. The minimum absolute atomic E-state index is 0.0303. The van der Waals surface area contributed by atoms with Gasteiger partial charge in [0.2, 0.25) is 0 Å². The molecule has 0 aliphatic carbocycles. The maximum absolute atomic E-state index is 12.7. The largest absolute Gasteiger partial charge is 0.456 e. The summed E-state index contributed by atoms with van der Waals surface area (Å²) in [5, 5.41) is 0.800. The van der Waals surface area contributed by atoms with E-state index in [1.54, 1.807) is 42.5 Å². The zero-order valence-electron chi connectivity index (χ0n) is 14.6. The van der Waals surface area contributed by atoms with Crippen molar-refractivity contribution in [1.29, 1.82) is 0 Å². The van der Waals surface area contributed by atoms with Gasteiger partial charge >= 0.3 is 0 Å². The highest BCUT2D eigenvalue weighted by atomic mass is 35.5.